The highest BCUT2D eigenvalue weighted by Gasteiger charge is 2.10. The molecule has 0 amide bonds. The molecule has 3 aromatic heterocycles. The molecule has 21 heavy (non-hydrogen) atoms. The number of pyridine rings is 1. The average molecular weight is 302 g/mol. The highest BCUT2D eigenvalue weighted by Crippen LogP contribution is 2.24. The number of hydrogen-bond acceptors (Lipinski definition) is 6. The van der Waals surface area contributed by atoms with Crippen LogP contribution < -0.4 is 5.73 Å². The van der Waals surface area contributed by atoms with Gasteiger partial charge in [0, 0.05) is 18.2 Å². The summed E-state index contributed by atoms with van der Waals surface area (Å²) in [7, 11) is 0. The summed E-state index contributed by atoms with van der Waals surface area (Å²) in [5, 5.41) is 6.08. The van der Waals surface area contributed by atoms with E-state index in [2.05, 4.69) is 21.2 Å². The predicted molar refractivity (Wildman–Crippen MR) is 84.1 cm³/mol. The fourth-order valence-corrected chi connectivity index (χ4v) is 3.00. The van der Waals surface area contributed by atoms with Crippen molar-refractivity contribution in [3.63, 3.8) is 0 Å². The van der Waals surface area contributed by atoms with E-state index in [-0.39, 0.29) is 0 Å². The molecule has 110 valence electrons. The van der Waals surface area contributed by atoms with Crippen molar-refractivity contribution in [2.75, 3.05) is 6.54 Å². The van der Waals surface area contributed by atoms with Crippen LogP contribution in [0, 0.1) is 0 Å². The SMILES string of the molecule is NCCCCCCc1nc(-c2cnc3ccsc3c2)no1. The molecule has 5 nitrogen and oxygen atoms in total. The van der Waals surface area contributed by atoms with Gasteiger partial charge in [0.2, 0.25) is 11.7 Å². The molecule has 0 aromatic carbocycles. The first kappa shape index (κ1) is 14.2. The summed E-state index contributed by atoms with van der Waals surface area (Å²) in [4.78, 5) is 8.85. The first-order valence-electron chi connectivity index (χ1n) is 7.23. The lowest BCUT2D eigenvalue weighted by Crippen LogP contribution is -1.97. The minimum absolute atomic E-state index is 0.620. The zero-order valence-corrected chi connectivity index (χ0v) is 12.6. The minimum atomic E-state index is 0.620. The van der Waals surface area contributed by atoms with Crippen molar-refractivity contribution >= 4 is 21.6 Å². The molecule has 0 saturated heterocycles. The Labute approximate surface area is 127 Å². The van der Waals surface area contributed by atoms with E-state index in [1.54, 1.807) is 17.5 Å². The fraction of sp³-hybridized carbons (Fsp3) is 0.400. The Kier molecular flexibility index (Phi) is 4.57. The number of thiophene rings is 1. The van der Waals surface area contributed by atoms with Crippen molar-refractivity contribution in [3.8, 4) is 11.4 Å². The third-order valence-corrected chi connectivity index (χ3v) is 4.23. The molecule has 0 radical (unpaired) electrons. The number of aryl methyl sites for hydroxylation is 1. The van der Waals surface area contributed by atoms with Gasteiger partial charge in [-0.2, -0.15) is 4.98 Å². The van der Waals surface area contributed by atoms with E-state index >= 15 is 0 Å². The number of rotatable bonds is 7. The van der Waals surface area contributed by atoms with Gasteiger partial charge in [-0.1, -0.05) is 18.0 Å². The normalized spacial score (nSPS) is 11.3. The molecular weight excluding hydrogens is 284 g/mol. The predicted octanol–water partition coefficient (Wildman–Crippen LogP) is 3.41. The van der Waals surface area contributed by atoms with Crippen molar-refractivity contribution in [3.05, 3.63) is 29.6 Å². The lowest BCUT2D eigenvalue weighted by Gasteiger charge is -1.96. The molecule has 6 heteroatoms. The summed E-state index contributed by atoms with van der Waals surface area (Å²) in [6, 6.07) is 4.07. The number of aromatic nitrogens is 3. The molecule has 3 aromatic rings. The highest BCUT2D eigenvalue weighted by atomic mass is 32.1. The van der Waals surface area contributed by atoms with Crippen LogP contribution in [0.15, 0.2) is 28.2 Å². The summed E-state index contributed by atoms with van der Waals surface area (Å²) in [5.74, 6) is 1.32. The molecule has 3 rings (SSSR count). The summed E-state index contributed by atoms with van der Waals surface area (Å²) >= 11 is 1.67. The van der Waals surface area contributed by atoms with E-state index < -0.39 is 0 Å². The highest BCUT2D eigenvalue weighted by molar-refractivity contribution is 7.17. The quantitative estimate of drug-likeness (QED) is 0.677. The smallest absolute Gasteiger partial charge is 0.226 e. The second-order valence-corrected chi connectivity index (χ2v) is 5.94. The topological polar surface area (TPSA) is 77.8 Å². The van der Waals surface area contributed by atoms with E-state index in [4.69, 9.17) is 10.3 Å². The Morgan fingerprint density at radius 3 is 3.00 bits per heavy atom. The summed E-state index contributed by atoms with van der Waals surface area (Å²) in [6.07, 6.45) is 7.08. The van der Waals surface area contributed by atoms with Crippen LogP contribution in [0.4, 0.5) is 0 Å². The Morgan fingerprint density at radius 2 is 2.10 bits per heavy atom. The Morgan fingerprint density at radius 1 is 1.19 bits per heavy atom. The van der Waals surface area contributed by atoms with Gasteiger partial charge in [0.25, 0.3) is 0 Å². The van der Waals surface area contributed by atoms with Crippen LogP contribution in [0.5, 0.6) is 0 Å². The number of nitrogens with zero attached hydrogens (tertiary/aromatic N) is 3. The largest absolute Gasteiger partial charge is 0.339 e. The van der Waals surface area contributed by atoms with Gasteiger partial charge in [-0.05, 0) is 36.9 Å². The van der Waals surface area contributed by atoms with Crippen LogP contribution in [0.1, 0.15) is 31.6 Å². The average Bonchev–Trinajstić information content (AvgIpc) is 3.15. The van der Waals surface area contributed by atoms with Gasteiger partial charge < -0.3 is 10.3 Å². The number of unbranched alkanes of at least 4 members (excludes halogenated alkanes) is 3. The second-order valence-electron chi connectivity index (χ2n) is 4.99. The Balaban J connectivity index is 1.63. The Hall–Kier alpha value is -1.79. The minimum Gasteiger partial charge on any atom is -0.339 e. The molecule has 0 aliphatic carbocycles. The van der Waals surface area contributed by atoms with Crippen molar-refractivity contribution in [1.29, 1.82) is 0 Å². The van der Waals surface area contributed by atoms with E-state index in [9.17, 15) is 0 Å². The van der Waals surface area contributed by atoms with Crippen molar-refractivity contribution in [2.24, 2.45) is 5.73 Å². The molecule has 0 unspecified atom stereocenters. The number of fused-ring (bicyclic) bond motifs is 1. The maximum Gasteiger partial charge on any atom is 0.226 e. The lowest BCUT2D eigenvalue weighted by atomic mass is 10.1. The van der Waals surface area contributed by atoms with Crippen LogP contribution in [0.3, 0.4) is 0 Å². The van der Waals surface area contributed by atoms with Gasteiger partial charge in [0.15, 0.2) is 0 Å². The molecule has 0 aliphatic heterocycles. The molecule has 0 spiro atoms. The van der Waals surface area contributed by atoms with Crippen LogP contribution in [0.25, 0.3) is 21.6 Å². The lowest BCUT2D eigenvalue weighted by molar-refractivity contribution is 0.374. The van der Waals surface area contributed by atoms with Gasteiger partial charge >= 0.3 is 0 Å². The molecule has 0 saturated carbocycles. The molecule has 0 fully saturated rings. The summed E-state index contributed by atoms with van der Waals surface area (Å²) in [6.45, 7) is 0.767. The molecule has 0 aliphatic rings. The molecule has 0 bridgehead atoms. The molecule has 0 atom stereocenters. The first-order chi connectivity index (χ1) is 10.4. The zero-order chi connectivity index (χ0) is 14.5. The van der Waals surface area contributed by atoms with Gasteiger partial charge in [0.1, 0.15) is 0 Å². The standard InChI is InChI=1S/C15H18N4OS/c16-7-4-2-1-3-5-14-18-15(19-20-14)11-9-13-12(17-10-11)6-8-21-13/h6,8-10H,1-5,7,16H2. The number of nitrogens with two attached hydrogens (primary N) is 1. The van der Waals surface area contributed by atoms with Gasteiger partial charge in [0.05, 0.1) is 10.2 Å². The maximum absolute atomic E-state index is 5.48. The van der Waals surface area contributed by atoms with Crippen LogP contribution >= 0.6 is 11.3 Å². The molecule has 3 heterocycles. The summed E-state index contributed by atoms with van der Waals surface area (Å²) < 4.78 is 6.45. The fourth-order valence-electron chi connectivity index (χ4n) is 2.22. The Bertz CT molecular complexity index is 706. The van der Waals surface area contributed by atoms with Crippen molar-refractivity contribution in [1.82, 2.24) is 15.1 Å². The molecule has 2 N–H and O–H groups in total. The first-order valence-corrected chi connectivity index (χ1v) is 8.11. The monoisotopic (exact) mass is 302 g/mol. The van der Waals surface area contributed by atoms with E-state index in [0.29, 0.717) is 11.7 Å². The number of hydrogen-bond donors (Lipinski definition) is 1. The third-order valence-electron chi connectivity index (χ3n) is 3.37. The second kappa shape index (κ2) is 6.78. The van der Waals surface area contributed by atoms with E-state index in [1.165, 1.54) is 0 Å². The van der Waals surface area contributed by atoms with Crippen molar-refractivity contribution < 1.29 is 4.52 Å². The van der Waals surface area contributed by atoms with Crippen LogP contribution in [-0.2, 0) is 6.42 Å². The van der Waals surface area contributed by atoms with Gasteiger partial charge in [-0.25, -0.2) is 0 Å². The van der Waals surface area contributed by atoms with Crippen LogP contribution in [-0.4, -0.2) is 21.7 Å². The zero-order valence-electron chi connectivity index (χ0n) is 11.8. The van der Waals surface area contributed by atoms with Gasteiger partial charge in [-0.3, -0.25) is 4.98 Å². The van der Waals surface area contributed by atoms with E-state index in [1.807, 2.05) is 11.4 Å². The summed E-state index contributed by atoms with van der Waals surface area (Å²) in [5.41, 5.74) is 7.39. The third kappa shape index (κ3) is 3.46. The molecular formula is C15H18N4OS. The van der Waals surface area contributed by atoms with Crippen LogP contribution in [0.2, 0.25) is 0 Å². The van der Waals surface area contributed by atoms with E-state index in [0.717, 1.165) is 54.4 Å². The van der Waals surface area contributed by atoms with Gasteiger partial charge in [-0.15, -0.1) is 11.3 Å². The van der Waals surface area contributed by atoms with Crippen molar-refractivity contribution in [2.45, 2.75) is 32.1 Å². The maximum atomic E-state index is 5.48.